The summed E-state index contributed by atoms with van der Waals surface area (Å²) in [6.07, 6.45) is 4.30. The highest BCUT2D eigenvalue weighted by Crippen LogP contribution is 2.26. The Bertz CT molecular complexity index is 958. The third-order valence-electron chi connectivity index (χ3n) is 4.65. The van der Waals surface area contributed by atoms with Crippen molar-refractivity contribution >= 4 is 34.8 Å². The van der Waals surface area contributed by atoms with Gasteiger partial charge in [0.15, 0.2) is 5.76 Å². The van der Waals surface area contributed by atoms with Gasteiger partial charge in [0.05, 0.1) is 28.9 Å². The number of nitrogens with one attached hydrogen (secondary N) is 1. The molecule has 9 heteroatoms. The molecular weight excluding hydrogens is 403 g/mol. The minimum atomic E-state index is -0.290. The van der Waals surface area contributed by atoms with Crippen molar-refractivity contribution in [2.45, 2.75) is 31.8 Å². The number of rotatable bonds is 5. The number of furan rings is 1. The Labute approximate surface area is 171 Å². The summed E-state index contributed by atoms with van der Waals surface area (Å²) in [6.45, 7) is 1.17. The van der Waals surface area contributed by atoms with Crippen LogP contribution in [0, 0.1) is 0 Å². The van der Waals surface area contributed by atoms with Gasteiger partial charge in [0.2, 0.25) is 17.6 Å². The molecule has 28 heavy (non-hydrogen) atoms. The lowest BCUT2D eigenvalue weighted by atomic mass is 10.0. The van der Waals surface area contributed by atoms with Crippen LogP contribution in [0.4, 0.5) is 5.69 Å². The van der Waals surface area contributed by atoms with Crippen LogP contribution in [0.15, 0.2) is 45.5 Å². The first-order valence-corrected chi connectivity index (χ1v) is 9.72. The van der Waals surface area contributed by atoms with E-state index in [2.05, 4.69) is 20.4 Å². The third-order valence-corrected chi connectivity index (χ3v) is 5.39. The molecule has 4 rings (SSSR count). The molecule has 1 fully saturated rings. The smallest absolute Gasteiger partial charge is 0.241 e. The van der Waals surface area contributed by atoms with Crippen LogP contribution in [0.25, 0.3) is 11.6 Å². The number of piperidine rings is 1. The minimum Gasteiger partial charge on any atom is -0.461 e. The first-order valence-electron chi connectivity index (χ1n) is 8.96. The Morgan fingerprint density at radius 2 is 2.14 bits per heavy atom. The monoisotopic (exact) mass is 420 g/mol. The van der Waals surface area contributed by atoms with Gasteiger partial charge >= 0.3 is 0 Å². The second-order valence-corrected chi connectivity index (χ2v) is 7.40. The summed E-state index contributed by atoms with van der Waals surface area (Å²) < 4.78 is 10.6. The van der Waals surface area contributed by atoms with E-state index < -0.39 is 0 Å². The van der Waals surface area contributed by atoms with E-state index >= 15 is 0 Å². The molecule has 2 aromatic heterocycles. The van der Waals surface area contributed by atoms with Crippen molar-refractivity contribution < 1.29 is 13.7 Å². The van der Waals surface area contributed by atoms with E-state index in [1.165, 1.54) is 0 Å². The fourth-order valence-electron chi connectivity index (χ4n) is 3.28. The summed E-state index contributed by atoms with van der Waals surface area (Å²) in [5.41, 5.74) is 0.614. The zero-order chi connectivity index (χ0) is 19.5. The maximum Gasteiger partial charge on any atom is 0.241 e. The lowest BCUT2D eigenvalue weighted by Gasteiger charge is -2.33. The highest BCUT2D eigenvalue weighted by molar-refractivity contribution is 6.42. The Morgan fingerprint density at radius 1 is 1.25 bits per heavy atom. The standard InChI is InChI=1S/C19H18Cl2N4O3/c20-13-7-6-12(10-14(13)21)22-19(26)15-4-1-2-8-25(15)11-17-23-18(24-28-17)16-5-3-9-27-16/h3,5-7,9-10,15H,1-2,4,8,11H2,(H,22,26). The molecule has 1 N–H and O–H groups in total. The van der Waals surface area contributed by atoms with Crippen LogP contribution in [-0.2, 0) is 11.3 Å². The van der Waals surface area contributed by atoms with Gasteiger partial charge in [0.1, 0.15) is 0 Å². The van der Waals surface area contributed by atoms with Crippen LogP contribution in [0.3, 0.4) is 0 Å². The van der Waals surface area contributed by atoms with Crippen LogP contribution in [-0.4, -0.2) is 33.5 Å². The quantitative estimate of drug-likeness (QED) is 0.647. The minimum absolute atomic E-state index is 0.0936. The van der Waals surface area contributed by atoms with E-state index in [1.54, 1.807) is 36.6 Å². The fraction of sp³-hybridized carbons (Fsp3) is 0.316. The average Bonchev–Trinajstić information content (AvgIpc) is 3.37. The molecule has 1 atom stereocenters. The SMILES string of the molecule is O=C(Nc1ccc(Cl)c(Cl)c1)C1CCCCN1Cc1nc(-c2ccco2)no1. The van der Waals surface area contributed by atoms with E-state index in [1.807, 2.05) is 0 Å². The number of carbonyl (C=O) groups is 1. The number of carbonyl (C=O) groups excluding carboxylic acids is 1. The van der Waals surface area contributed by atoms with Crippen molar-refractivity contribution in [3.05, 3.63) is 52.5 Å². The molecule has 0 saturated carbocycles. The Balaban J connectivity index is 1.45. The summed E-state index contributed by atoms with van der Waals surface area (Å²) in [6, 6.07) is 8.27. The van der Waals surface area contributed by atoms with Gasteiger partial charge in [-0.2, -0.15) is 4.98 Å². The zero-order valence-electron chi connectivity index (χ0n) is 14.9. The molecule has 0 aliphatic carbocycles. The van der Waals surface area contributed by atoms with Gasteiger partial charge in [-0.3, -0.25) is 9.69 Å². The molecule has 0 bridgehead atoms. The second kappa shape index (κ2) is 8.34. The van der Waals surface area contributed by atoms with Crippen molar-refractivity contribution in [2.75, 3.05) is 11.9 Å². The van der Waals surface area contributed by atoms with Crippen LogP contribution in [0.5, 0.6) is 0 Å². The lowest BCUT2D eigenvalue weighted by molar-refractivity contribution is -0.122. The van der Waals surface area contributed by atoms with Gasteiger partial charge < -0.3 is 14.3 Å². The highest BCUT2D eigenvalue weighted by Gasteiger charge is 2.30. The van der Waals surface area contributed by atoms with Gasteiger partial charge in [-0.15, -0.1) is 0 Å². The number of hydrogen-bond acceptors (Lipinski definition) is 6. The number of likely N-dealkylation sites (tertiary alicyclic amines) is 1. The average molecular weight is 421 g/mol. The van der Waals surface area contributed by atoms with Crippen molar-refractivity contribution in [3.63, 3.8) is 0 Å². The first kappa shape index (κ1) is 19.0. The lowest BCUT2D eigenvalue weighted by Crippen LogP contribution is -2.46. The molecule has 1 saturated heterocycles. The molecule has 0 spiro atoms. The summed E-state index contributed by atoms with van der Waals surface area (Å²) in [5, 5.41) is 7.71. The van der Waals surface area contributed by atoms with Gasteiger partial charge in [-0.25, -0.2) is 0 Å². The molecule has 3 heterocycles. The van der Waals surface area contributed by atoms with Gasteiger partial charge in [0.25, 0.3) is 0 Å². The van der Waals surface area contributed by atoms with Gasteiger partial charge in [-0.1, -0.05) is 34.8 Å². The maximum atomic E-state index is 12.8. The Kier molecular flexibility index (Phi) is 5.66. The van der Waals surface area contributed by atoms with Crippen LogP contribution >= 0.6 is 23.2 Å². The fourth-order valence-corrected chi connectivity index (χ4v) is 3.57. The number of nitrogens with zero attached hydrogens (tertiary/aromatic N) is 3. The summed E-state index contributed by atoms with van der Waals surface area (Å²) >= 11 is 12.0. The molecule has 7 nitrogen and oxygen atoms in total. The van der Waals surface area contributed by atoms with Crippen molar-refractivity contribution in [1.29, 1.82) is 0 Å². The maximum absolute atomic E-state index is 12.8. The number of amides is 1. The molecule has 1 amide bonds. The number of halogens is 2. The number of hydrogen-bond donors (Lipinski definition) is 1. The molecule has 0 radical (unpaired) electrons. The zero-order valence-corrected chi connectivity index (χ0v) is 16.4. The summed E-state index contributed by atoms with van der Waals surface area (Å²) in [5.74, 6) is 1.29. The van der Waals surface area contributed by atoms with Crippen molar-refractivity contribution in [1.82, 2.24) is 15.0 Å². The van der Waals surface area contributed by atoms with E-state index in [-0.39, 0.29) is 11.9 Å². The van der Waals surface area contributed by atoms with Crippen LogP contribution in [0.2, 0.25) is 10.0 Å². The van der Waals surface area contributed by atoms with E-state index in [0.29, 0.717) is 39.8 Å². The molecule has 146 valence electrons. The van der Waals surface area contributed by atoms with Crippen molar-refractivity contribution in [2.24, 2.45) is 0 Å². The molecular formula is C19H18Cl2N4O3. The molecule has 1 unspecified atom stereocenters. The second-order valence-electron chi connectivity index (χ2n) is 6.59. The molecule has 1 aliphatic rings. The molecule has 3 aromatic rings. The Hall–Kier alpha value is -2.35. The van der Waals surface area contributed by atoms with Gasteiger partial charge in [0, 0.05) is 5.69 Å². The first-order chi connectivity index (χ1) is 13.6. The number of anilines is 1. The van der Waals surface area contributed by atoms with E-state index in [0.717, 1.165) is 25.8 Å². The normalized spacial score (nSPS) is 17.6. The highest BCUT2D eigenvalue weighted by atomic mass is 35.5. The van der Waals surface area contributed by atoms with E-state index in [9.17, 15) is 4.79 Å². The topological polar surface area (TPSA) is 84.4 Å². The molecule has 1 aliphatic heterocycles. The predicted molar refractivity (Wildman–Crippen MR) is 105 cm³/mol. The van der Waals surface area contributed by atoms with Gasteiger partial charge in [-0.05, 0) is 49.7 Å². The van der Waals surface area contributed by atoms with Crippen LogP contribution in [0.1, 0.15) is 25.2 Å². The number of aromatic nitrogens is 2. The summed E-state index contributed by atoms with van der Waals surface area (Å²) in [7, 11) is 0. The predicted octanol–water partition coefficient (Wildman–Crippen LogP) is 4.63. The third kappa shape index (κ3) is 4.22. The molecule has 1 aromatic carbocycles. The largest absolute Gasteiger partial charge is 0.461 e. The summed E-state index contributed by atoms with van der Waals surface area (Å²) in [4.78, 5) is 19.3. The van der Waals surface area contributed by atoms with Crippen molar-refractivity contribution in [3.8, 4) is 11.6 Å². The Morgan fingerprint density at radius 3 is 2.93 bits per heavy atom. The number of benzene rings is 1. The van der Waals surface area contributed by atoms with Crippen LogP contribution < -0.4 is 5.32 Å². The van der Waals surface area contributed by atoms with E-state index in [4.69, 9.17) is 32.1 Å².